The maximum absolute atomic E-state index is 11.8. The third-order valence-electron chi connectivity index (χ3n) is 2.15. The number of nitrogens with one attached hydrogen (secondary N) is 1. The molecule has 0 spiro atoms. The maximum Gasteiger partial charge on any atom is 0.261 e. The largest absolute Gasteiger partial charge is 0.457 e. The van der Waals surface area contributed by atoms with E-state index < -0.39 is 0 Å². The molecular weight excluding hydrogens is 352 g/mol. The van der Waals surface area contributed by atoms with E-state index >= 15 is 0 Å². The van der Waals surface area contributed by atoms with Crippen LogP contribution in [0.15, 0.2) is 38.2 Å². The van der Waals surface area contributed by atoms with E-state index in [0.29, 0.717) is 16.1 Å². The molecule has 4 nitrogen and oxygen atoms in total. The molecule has 0 bridgehead atoms. The summed E-state index contributed by atoms with van der Waals surface area (Å²) in [4.78, 5) is 15.9. The average Bonchev–Trinajstić information content (AvgIpc) is 2.70. The molecule has 88 valence electrons. The van der Waals surface area contributed by atoms with E-state index in [9.17, 15) is 4.79 Å². The average molecular weight is 360 g/mol. The van der Waals surface area contributed by atoms with Gasteiger partial charge in [0, 0.05) is 10.7 Å². The van der Waals surface area contributed by atoms with Crippen molar-refractivity contribution in [2.75, 3.05) is 5.32 Å². The molecule has 0 saturated carbocycles. The van der Waals surface area contributed by atoms with Gasteiger partial charge in [-0.05, 0) is 56.5 Å². The van der Waals surface area contributed by atoms with Gasteiger partial charge in [-0.25, -0.2) is 4.98 Å². The lowest BCUT2D eigenvalue weighted by Gasteiger charge is -2.04. The number of aryl methyl sites for hydroxylation is 1. The Hall–Kier alpha value is -1.14. The highest BCUT2D eigenvalue weighted by Crippen LogP contribution is 2.20. The summed E-state index contributed by atoms with van der Waals surface area (Å²) in [6.45, 7) is 1.93. The second-order valence-corrected chi connectivity index (χ2v) is 4.96. The smallest absolute Gasteiger partial charge is 0.261 e. The van der Waals surface area contributed by atoms with Gasteiger partial charge in [-0.3, -0.25) is 4.79 Å². The predicted octanol–water partition coefficient (Wildman–Crippen LogP) is 3.76. The van der Waals surface area contributed by atoms with Crippen LogP contribution >= 0.6 is 31.9 Å². The Balaban J connectivity index is 2.19. The summed E-state index contributed by atoms with van der Waals surface area (Å²) < 4.78 is 6.30. The number of carbonyl (C=O) groups excluding carboxylic acids is 1. The SMILES string of the molecule is Cc1cc(NC(=O)c2ccoc2Br)ncc1Br. The molecule has 0 aliphatic heterocycles. The molecule has 2 aromatic rings. The van der Waals surface area contributed by atoms with Gasteiger partial charge in [0.25, 0.3) is 5.91 Å². The van der Waals surface area contributed by atoms with Crippen molar-refractivity contribution in [3.05, 3.63) is 44.9 Å². The third kappa shape index (κ3) is 2.76. The van der Waals surface area contributed by atoms with Crippen molar-refractivity contribution in [3.8, 4) is 0 Å². The lowest BCUT2D eigenvalue weighted by molar-refractivity contribution is 0.102. The number of aromatic nitrogens is 1. The van der Waals surface area contributed by atoms with Gasteiger partial charge in [0.05, 0.1) is 11.8 Å². The van der Waals surface area contributed by atoms with Gasteiger partial charge in [-0.15, -0.1) is 0 Å². The van der Waals surface area contributed by atoms with Gasteiger partial charge in [-0.1, -0.05) is 0 Å². The molecule has 2 aromatic heterocycles. The number of furan rings is 1. The Kier molecular flexibility index (Phi) is 3.63. The van der Waals surface area contributed by atoms with E-state index in [1.807, 2.05) is 6.92 Å². The van der Waals surface area contributed by atoms with E-state index in [1.165, 1.54) is 6.26 Å². The van der Waals surface area contributed by atoms with Crippen molar-refractivity contribution < 1.29 is 9.21 Å². The predicted molar refractivity (Wildman–Crippen MR) is 71.0 cm³/mol. The molecule has 0 aliphatic carbocycles. The van der Waals surface area contributed by atoms with Crippen LogP contribution in [0, 0.1) is 6.92 Å². The third-order valence-corrected chi connectivity index (χ3v) is 3.60. The zero-order valence-electron chi connectivity index (χ0n) is 8.83. The molecule has 1 N–H and O–H groups in total. The van der Waals surface area contributed by atoms with Crippen molar-refractivity contribution >= 4 is 43.6 Å². The molecule has 17 heavy (non-hydrogen) atoms. The van der Waals surface area contributed by atoms with Gasteiger partial charge in [-0.2, -0.15) is 0 Å². The molecule has 0 radical (unpaired) electrons. The number of hydrogen-bond donors (Lipinski definition) is 1. The molecule has 0 atom stereocenters. The van der Waals surface area contributed by atoms with Gasteiger partial charge >= 0.3 is 0 Å². The summed E-state index contributed by atoms with van der Waals surface area (Å²) in [6.07, 6.45) is 3.09. The number of nitrogens with zero attached hydrogens (tertiary/aromatic N) is 1. The van der Waals surface area contributed by atoms with Crippen LogP contribution in [0.1, 0.15) is 15.9 Å². The molecule has 0 fully saturated rings. The Labute approximate surface area is 115 Å². The minimum absolute atomic E-state index is 0.264. The van der Waals surface area contributed by atoms with Crippen LogP contribution in [0.3, 0.4) is 0 Å². The van der Waals surface area contributed by atoms with E-state index in [-0.39, 0.29) is 5.91 Å². The summed E-state index contributed by atoms with van der Waals surface area (Å²) in [5, 5.41) is 2.69. The first kappa shape index (κ1) is 12.3. The Bertz CT molecular complexity index is 566. The molecule has 6 heteroatoms. The number of rotatable bonds is 2. The second-order valence-electron chi connectivity index (χ2n) is 3.38. The highest BCUT2D eigenvalue weighted by atomic mass is 79.9. The van der Waals surface area contributed by atoms with Crippen molar-refractivity contribution in [1.29, 1.82) is 0 Å². The van der Waals surface area contributed by atoms with Crippen LogP contribution < -0.4 is 5.32 Å². The number of pyridine rings is 1. The van der Waals surface area contributed by atoms with Gasteiger partial charge in [0.15, 0.2) is 4.67 Å². The Morgan fingerprint density at radius 2 is 2.24 bits per heavy atom. The topological polar surface area (TPSA) is 55.1 Å². The monoisotopic (exact) mass is 358 g/mol. The lowest BCUT2D eigenvalue weighted by atomic mass is 10.3. The highest BCUT2D eigenvalue weighted by molar-refractivity contribution is 9.10. The van der Waals surface area contributed by atoms with Crippen molar-refractivity contribution in [2.45, 2.75) is 6.92 Å². The molecule has 0 aliphatic rings. The minimum atomic E-state index is -0.264. The van der Waals surface area contributed by atoms with E-state index in [1.54, 1.807) is 18.3 Å². The van der Waals surface area contributed by atoms with E-state index in [0.717, 1.165) is 10.0 Å². The van der Waals surface area contributed by atoms with Gasteiger partial charge in [0.1, 0.15) is 5.82 Å². The Morgan fingerprint density at radius 3 is 2.82 bits per heavy atom. The summed E-state index contributed by atoms with van der Waals surface area (Å²) in [5.74, 6) is 0.239. The normalized spacial score (nSPS) is 10.3. The molecule has 2 heterocycles. The van der Waals surface area contributed by atoms with Crippen molar-refractivity contribution in [1.82, 2.24) is 4.98 Å². The number of anilines is 1. The first-order valence-electron chi connectivity index (χ1n) is 4.74. The number of carbonyl (C=O) groups is 1. The standard InChI is InChI=1S/C11H8Br2N2O2/c1-6-4-9(14-5-8(6)12)15-11(16)7-2-3-17-10(7)13/h2-5H,1H3,(H,14,15,16). The van der Waals surface area contributed by atoms with E-state index in [4.69, 9.17) is 4.42 Å². The molecule has 0 saturated heterocycles. The van der Waals surface area contributed by atoms with Gasteiger partial charge < -0.3 is 9.73 Å². The van der Waals surface area contributed by atoms with Crippen LogP contribution in [0.2, 0.25) is 0 Å². The molecule has 2 rings (SSSR count). The summed E-state index contributed by atoms with van der Waals surface area (Å²) in [7, 11) is 0. The van der Waals surface area contributed by atoms with Crippen LogP contribution in [0.25, 0.3) is 0 Å². The zero-order chi connectivity index (χ0) is 12.4. The van der Waals surface area contributed by atoms with Crippen molar-refractivity contribution in [2.24, 2.45) is 0 Å². The van der Waals surface area contributed by atoms with Crippen LogP contribution in [0.5, 0.6) is 0 Å². The highest BCUT2D eigenvalue weighted by Gasteiger charge is 2.13. The molecule has 0 aromatic carbocycles. The molecular formula is C11H8Br2N2O2. The number of hydrogen-bond acceptors (Lipinski definition) is 3. The minimum Gasteiger partial charge on any atom is -0.457 e. The first-order chi connectivity index (χ1) is 8.08. The first-order valence-corrected chi connectivity index (χ1v) is 6.33. The Morgan fingerprint density at radius 1 is 1.47 bits per heavy atom. The molecule has 1 amide bonds. The summed E-state index contributed by atoms with van der Waals surface area (Å²) >= 11 is 6.50. The summed E-state index contributed by atoms with van der Waals surface area (Å²) in [6, 6.07) is 3.38. The zero-order valence-corrected chi connectivity index (χ0v) is 12.0. The van der Waals surface area contributed by atoms with Crippen LogP contribution in [-0.4, -0.2) is 10.9 Å². The van der Waals surface area contributed by atoms with E-state index in [2.05, 4.69) is 42.2 Å². The van der Waals surface area contributed by atoms with Crippen LogP contribution in [-0.2, 0) is 0 Å². The quantitative estimate of drug-likeness (QED) is 0.888. The van der Waals surface area contributed by atoms with Gasteiger partial charge in [0.2, 0.25) is 0 Å². The van der Waals surface area contributed by atoms with Crippen molar-refractivity contribution in [3.63, 3.8) is 0 Å². The number of amides is 1. The fraction of sp³-hybridized carbons (Fsp3) is 0.0909. The fourth-order valence-electron chi connectivity index (χ4n) is 1.25. The second kappa shape index (κ2) is 5.01. The summed E-state index contributed by atoms with van der Waals surface area (Å²) in [5.41, 5.74) is 1.44. The van der Waals surface area contributed by atoms with Crippen LogP contribution in [0.4, 0.5) is 5.82 Å². The molecule has 0 unspecified atom stereocenters. The maximum atomic E-state index is 11.8. The lowest BCUT2D eigenvalue weighted by Crippen LogP contribution is -2.12. The fourth-order valence-corrected chi connectivity index (χ4v) is 1.88. The number of halogens is 2.